The Labute approximate surface area is 127 Å². The molecule has 0 aromatic carbocycles. The Kier molecular flexibility index (Phi) is 6.45. The van der Waals surface area contributed by atoms with Gasteiger partial charge in [0.1, 0.15) is 5.54 Å². The molecule has 1 saturated heterocycles. The maximum atomic E-state index is 12.2. The first-order valence-electron chi connectivity index (χ1n) is 8.24. The van der Waals surface area contributed by atoms with Gasteiger partial charge in [-0.1, -0.05) is 0 Å². The standard InChI is InChI=1S/C16H29NO4/c1-3-21-15(18)16(2,17-14-4-5-14)8-11-20-12-13-6-9-19-10-7-13/h13-14,17H,3-12H2,1-2H3. The van der Waals surface area contributed by atoms with Crippen LogP contribution in [0.4, 0.5) is 0 Å². The van der Waals surface area contributed by atoms with Crippen molar-refractivity contribution in [3.8, 4) is 0 Å². The highest BCUT2D eigenvalue weighted by Gasteiger charge is 2.39. The van der Waals surface area contributed by atoms with Crippen LogP contribution in [-0.4, -0.2) is 50.6 Å². The van der Waals surface area contributed by atoms with E-state index in [4.69, 9.17) is 14.2 Å². The molecule has 2 aliphatic rings. The third kappa shape index (κ3) is 5.57. The zero-order valence-corrected chi connectivity index (χ0v) is 13.4. The first-order chi connectivity index (χ1) is 10.1. The first-order valence-corrected chi connectivity index (χ1v) is 8.24. The lowest BCUT2D eigenvalue weighted by Crippen LogP contribution is -2.52. The van der Waals surface area contributed by atoms with Crippen molar-refractivity contribution >= 4 is 5.97 Å². The van der Waals surface area contributed by atoms with Gasteiger partial charge in [0.15, 0.2) is 0 Å². The predicted octanol–water partition coefficient (Wildman–Crippen LogP) is 1.89. The van der Waals surface area contributed by atoms with Crippen molar-refractivity contribution in [2.75, 3.05) is 33.0 Å². The summed E-state index contributed by atoms with van der Waals surface area (Å²) in [5.74, 6) is 0.440. The number of hydrogen-bond donors (Lipinski definition) is 1. The number of ether oxygens (including phenoxy) is 3. The molecule has 0 bridgehead atoms. The molecule has 0 aromatic rings. The smallest absolute Gasteiger partial charge is 0.326 e. The van der Waals surface area contributed by atoms with E-state index in [9.17, 15) is 4.79 Å². The van der Waals surface area contributed by atoms with Gasteiger partial charge >= 0.3 is 5.97 Å². The minimum atomic E-state index is -0.618. The maximum absolute atomic E-state index is 12.2. The maximum Gasteiger partial charge on any atom is 0.326 e. The van der Waals surface area contributed by atoms with Gasteiger partial charge in [0.05, 0.1) is 6.61 Å². The summed E-state index contributed by atoms with van der Waals surface area (Å²) >= 11 is 0. The number of carbonyl (C=O) groups excluding carboxylic acids is 1. The average Bonchev–Trinajstić information content (AvgIpc) is 3.29. The first kappa shape index (κ1) is 16.7. The van der Waals surface area contributed by atoms with Crippen LogP contribution in [0, 0.1) is 5.92 Å². The van der Waals surface area contributed by atoms with Gasteiger partial charge in [-0.2, -0.15) is 0 Å². The molecule has 0 spiro atoms. The Morgan fingerprint density at radius 3 is 2.62 bits per heavy atom. The van der Waals surface area contributed by atoms with Gasteiger partial charge in [0.2, 0.25) is 0 Å². The van der Waals surface area contributed by atoms with E-state index in [2.05, 4.69) is 5.32 Å². The summed E-state index contributed by atoms with van der Waals surface area (Å²) < 4.78 is 16.3. The normalized spacial score (nSPS) is 22.8. The van der Waals surface area contributed by atoms with Crippen LogP contribution in [0.15, 0.2) is 0 Å². The lowest BCUT2D eigenvalue weighted by molar-refractivity contribution is -0.151. The van der Waals surface area contributed by atoms with Crippen LogP contribution in [0.2, 0.25) is 0 Å². The van der Waals surface area contributed by atoms with Crippen LogP contribution < -0.4 is 5.32 Å². The van der Waals surface area contributed by atoms with Crippen LogP contribution in [0.1, 0.15) is 46.0 Å². The molecular weight excluding hydrogens is 270 g/mol. The monoisotopic (exact) mass is 299 g/mol. The van der Waals surface area contributed by atoms with E-state index in [-0.39, 0.29) is 5.97 Å². The highest BCUT2D eigenvalue weighted by Crippen LogP contribution is 2.25. The summed E-state index contributed by atoms with van der Waals surface area (Å²) in [6.07, 6.45) is 5.12. The summed E-state index contributed by atoms with van der Waals surface area (Å²) in [6, 6.07) is 0.467. The van der Waals surface area contributed by atoms with Crippen molar-refractivity contribution in [3.05, 3.63) is 0 Å². The van der Waals surface area contributed by atoms with Gasteiger partial charge in [-0.05, 0) is 51.9 Å². The molecule has 122 valence electrons. The van der Waals surface area contributed by atoms with Gasteiger partial charge in [0.25, 0.3) is 0 Å². The quantitative estimate of drug-likeness (QED) is 0.520. The van der Waals surface area contributed by atoms with E-state index in [1.165, 1.54) is 0 Å². The summed E-state index contributed by atoms with van der Waals surface area (Å²) in [7, 11) is 0. The molecule has 0 amide bonds. The zero-order valence-electron chi connectivity index (χ0n) is 13.4. The molecule has 1 atom stereocenters. The van der Waals surface area contributed by atoms with Gasteiger partial charge in [0, 0.05) is 32.5 Å². The Balaban J connectivity index is 1.71. The van der Waals surface area contributed by atoms with Crippen LogP contribution in [0.5, 0.6) is 0 Å². The fraction of sp³-hybridized carbons (Fsp3) is 0.938. The molecule has 21 heavy (non-hydrogen) atoms. The molecular formula is C16H29NO4. The molecule has 1 heterocycles. The predicted molar refractivity (Wildman–Crippen MR) is 80.2 cm³/mol. The summed E-state index contributed by atoms with van der Waals surface area (Å²) in [5.41, 5.74) is -0.618. The van der Waals surface area contributed by atoms with E-state index in [0.717, 1.165) is 45.5 Å². The SMILES string of the molecule is CCOC(=O)C(C)(CCOCC1CCOCC1)NC1CC1. The van der Waals surface area contributed by atoms with Gasteiger partial charge < -0.3 is 14.2 Å². The van der Waals surface area contributed by atoms with Gasteiger partial charge in [-0.3, -0.25) is 10.1 Å². The molecule has 2 rings (SSSR count). The zero-order chi connectivity index (χ0) is 15.1. The van der Waals surface area contributed by atoms with Crippen LogP contribution >= 0.6 is 0 Å². The van der Waals surface area contributed by atoms with Gasteiger partial charge in [-0.15, -0.1) is 0 Å². The fourth-order valence-corrected chi connectivity index (χ4v) is 2.64. The second-order valence-electron chi connectivity index (χ2n) is 6.35. The lowest BCUT2D eigenvalue weighted by Gasteiger charge is -2.29. The Hall–Kier alpha value is -0.650. The average molecular weight is 299 g/mol. The minimum Gasteiger partial charge on any atom is -0.465 e. The number of esters is 1. The second kappa shape index (κ2) is 8.11. The van der Waals surface area contributed by atoms with E-state index in [1.807, 2.05) is 13.8 Å². The molecule has 5 nitrogen and oxygen atoms in total. The minimum absolute atomic E-state index is 0.161. The summed E-state index contributed by atoms with van der Waals surface area (Å²) in [6.45, 7) is 7.25. The van der Waals surface area contributed by atoms with Crippen molar-refractivity contribution < 1.29 is 19.0 Å². The van der Waals surface area contributed by atoms with E-state index in [1.54, 1.807) is 0 Å². The molecule has 0 radical (unpaired) electrons. The van der Waals surface area contributed by atoms with Crippen LogP contribution in [0.25, 0.3) is 0 Å². The highest BCUT2D eigenvalue weighted by molar-refractivity contribution is 5.80. The molecule has 0 aromatic heterocycles. The van der Waals surface area contributed by atoms with Crippen molar-refractivity contribution in [2.24, 2.45) is 5.92 Å². The summed E-state index contributed by atoms with van der Waals surface area (Å²) in [4.78, 5) is 12.2. The number of hydrogen-bond acceptors (Lipinski definition) is 5. The second-order valence-corrected chi connectivity index (χ2v) is 6.35. The van der Waals surface area contributed by atoms with Crippen LogP contribution in [-0.2, 0) is 19.0 Å². The van der Waals surface area contributed by atoms with Crippen molar-refractivity contribution in [3.63, 3.8) is 0 Å². The number of nitrogens with one attached hydrogen (secondary N) is 1. The van der Waals surface area contributed by atoms with Crippen molar-refractivity contribution in [1.29, 1.82) is 0 Å². The Morgan fingerprint density at radius 1 is 1.29 bits per heavy atom. The molecule has 1 N–H and O–H groups in total. The molecule has 1 aliphatic carbocycles. The third-order valence-electron chi connectivity index (χ3n) is 4.27. The fourth-order valence-electron chi connectivity index (χ4n) is 2.64. The number of carbonyl (C=O) groups is 1. The van der Waals surface area contributed by atoms with E-state index in [0.29, 0.717) is 31.6 Å². The van der Waals surface area contributed by atoms with Crippen LogP contribution in [0.3, 0.4) is 0 Å². The van der Waals surface area contributed by atoms with E-state index >= 15 is 0 Å². The largest absolute Gasteiger partial charge is 0.465 e. The molecule has 1 unspecified atom stereocenters. The third-order valence-corrected chi connectivity index (χ3v) is 4.27. The molecule has 1 aliphatic heterocycles. The Bertz CT molecular complexity index is 326. The van der Waals surface area contributed by atoms with Gasteiger partial charge in [-0.25, -0.2) is 0 Å². The molecule has 1 saturated carbocycles. The van der Waals surface area contributed by atoms with Crippen molar-refractivity contribution in [1.82, 2.24) is 5.32 Å². The topological polar surface area (TPSA) is 56.8 Å². The molecule has 5 heteroatoms. The Morgan fingerprint density at radius 2 is 2.00 bits per heavy atom. The van der Waals surface area contributed by atoms with Crippen molar-refractivity contribution in [2.45, 2.75) is 57.5 Å². The number of rotatable bonds is 9. The highest BCUT2D eigenvalue weighted by atomic mass is 16.5. The van der Waals surface area contributed by atoms with E-state index < -0.39 is 5.54 Å². The summed E-state index contributed by atoms with van der Waals surface area (Å²) in [5, 5.41) is 3.42. The lowest BCUT2D eigenvalue weighted by atomic mass is 9.98. The molecule has 2 fully saturated rings.